The van der Waals surface area contributed by atoms with Crippen molar-refractivity contribution in [2.45, 2.75) is 43.4 Å². The molecule has 1 aromatic heterocycles. The lowest BCUT2D eigenvalue weighted by molar-refractivity contribution is -0.143. The maximum absolute atomic E-state index is 13.0. The maximum atomic E-state index is 13.0. The zero-order valence-corrected chi connectivity index (χ0v) is 19.2. The highest BCUT2D eigenvalue weighted by atomic mass is 32.1. The van der Waals surface area contributed by atoms with Crippen molar-refractivity contribution in [3.8, 4) is 0 Å². The number of aliphatic carboxylic acids is 1. The molecule has 0 saturated heterocycles. The van der Waals surface area contributed by atoms with Crippen LogP contribution in [0.3, 0.4) is 0 Å². The van der Waals surface area contributed by atoms with E-state index in [0.717, 1.165) is 0 Å². The number of guanidine groups is 1. The summed E-state index contributed by atoms with van der Waals surface area (Å²) in [6.07, 6.45) is 3.16. The van der Waals surface area contributed by atoms with Gasteiger partial charge in [-0.1, -0.05) is 0 Å². The van der Waals surface area contributed by atoms with E-state index in [9.17, 15) is 24.3 Å². The van der Waals surface area contributed by atoms with Gasteiger partial charge in [0, 0.05) is 30.6 Å². The monoisotopic (exact) mass is 501 g/mol. The molecule has 0 saturated carbocycles. The number of nitrogens with zero attached hydrogens (tertiary/aromatic N) is 2. The van der Waals surface area contributed by atoms with E-state index in [2.05, 4.69) is 43.5 Å². The molecule has 0 fully saturated rings. The number of amides is 3. The number of aliphatic imine (C=N–C) groups is 1. The van der Waals surface area contributed by atoms with Gasteiger partial charge in [0.25, 0.3) is 0 Å². The largest absolute Gasteiger partial charge is 0.480 e. The van der Waals surface area contributed by atoms with Crippen molar-refractivity contribution in [3.63, 3.8) is 0 Å². The first-order valence-electron chi connectivity index (χ1n) is 10.2. The minimum absolute atomic E-state index is 0.00753. The van der Waals surface area contributed by atoms with Crippen molar-refractivity contribution < 1.29 is 29.4 Å². The van der Waals surface area contributed by atoms with Crippen molar-refractivity contribution >= 4 is 42.3 Å². The Kier molecular flexibility index (Phi) is 12.4. The molecule has 0 radical (unpaired) electrons. The highest BCUT2D eigenvalue weighted by molar-refractivity contribution is 7.80. The molecule has 190 valence electrons. The summed E-state index contributed by atoms with van der Waals surface area (Å²) < 4.78 is 0. The average molecular weight is 502 g/mol. The van der Waals surface area contributed by atoms with Crippen LogP contribution >= 0.6 is 12.6 Å². The van der Waals surface area contributed by atoms with Crippen LogP contribution in [0.5, 0.6) is 0 Å². The predicted molar refractivity (Wildman–Crippen MR) is 125 cm³/mol. The zero-order chi connectivity index (χ0) is 25.7. The summed E-state index contributed by atoms with van der Waals surface area (Å²) in [6.45, 7) is -0.703. The topological polar surface area (TPSA) is 264 Å². The predicted octanol–water partition coefficient (Wildman–Crippen LogP) is -4.21. The highest BCUT2D eigenvalue weighted by Gasteiger charge is 2.30. The molecule has 1 rings (SSSR count). The van der Waals surface area contributed by atoms with E-state index in [0.29, 0.717) is 5.69 Å². The Morgan fingerprint density at radius 2 is 1.71 bits per heavy atom. The van der Waals surface area contributed by atoms with Gasteiger partial charge >= 0.3 is 5.97 Å². The van der Waals surface area contributed by atoms with E-state index >= 15 is 0 Å². The third-order valence-corrected chi connectivity index (χ3v) is 4.91. The van der Waals surface area contributed by atoms with Gasteiger partial charge in [0.1, 0.15) is 18.1 Å². The number of nitrogens with one attached hydrogen (secondary N) is 4. The van der Waals surface area contributed by atoms with Gasteiger partial charge in [-0.15, -0.1) is 0 Å². The summed E-state index contributed by atoms with van der Waals surface area (Å²) in [5.41, 5.74) is 16.8. The minimum Gasteiger partial charge on any atom is -0.480 e. The number of carbonyl (C=O) groups excluding carboxylic acids is 3. The number of aromatic amines is 1. The number of aliphatic hydroxyl groups is 1. The molecule has 0 spiro atoms. The van der Waals surface area contributed by atoms with Gasteiger partial charge in [-0.25, -0.2) is 9.78 Å². The van der Waals surface area contributed by atoms with E-state index in [4.69, 9.17) is 22.3 Å². The number of carboxylic acids is 1. The minimum atomic E-state index is -1.57. The number of hydrogen-bond acceptors (Lipinski definition) is 9. The Labute approximate surface area is 200 Å². The van der Waals surface area contributed by atoms with E-state index in [1.165, 1.54) is 12.5 Å². The van der Waals surface area contributed by atoms with Crippen molar-refractivity contribution in [2.24, 2.45) is 22.2 Å². The van der Waals surface area contributed by atoms with Crippen LogP contribution in [0.15, 0.2) is 17.5 Å². The Morgan fingerprint density at radius 3 is 2.24 bits per heavy atom. The van der Waals surface area contributed by atoms with E-state index in [1.807, 2.05) is 0 Å². The number of aliphatic hydroxyl groups excluding tert-OH is 1. The number of imidazole rings is 1. The zero-order valence-electron chi connectivity index (χ0n) is 18.3. The van der Waals surface area contributed by atoms with Crippen molar-refractivity contribution in [1.29, 1.82) is 0 Å². The number of H-pyrrole nitrogens is 1. The lowest BCUT2D eigenvalue weighted by Crippen LogP contribution is -2.58. The van der Waals surface area contributed by atoms with Crippen LogP contribution in [0.2, 0.25) is 0 Å². The third kappa shape index (κ3) is 10.1. The van der Waals surface area contributed by atoms with Gasteiger partial charge in [0.2, 0.25) is 17.7 Å². The number of rotatable bonds is 15. The number of carbonyl (C=O) groups is 4. The second-order valence-corrected chi connectivity index (χ2v) is 7.59. The Hall–Kier alpha value is -3.37. The smallest absolute Gasteiger partial charge is 0.328 e. The van der Waals surface area contributed by atoms with Gasteiger partial charge in [0.05, 0.1) is 19.0 Å². The molecule has 16 heteroatoms. The Bertz CT molecular complexity index is 847. The number of carboxylic acid groups (broad SMARTS) is 1. The number of thiol groups is 1. The summed E-state index contributed by atoms with van der Waals surface area (Å²) in [7, 11) is 0. The molecule has 34 heavy (non-hydrogen) atoms. The number of aromatic nitrogens is 2. The molecule has 15 nitrogen and oxygen atoms in total. The van der Waals surface area contributed by atoms with E-state index in [-0.39, 0.29) is 37.5 Å². The van der Waals surface area contributed by atoms with Crippen molar-refractivity contribution in [1.82, 2.24) is 25.9 Å². The quantitative estimate of drug-likeness (QED) is 0.0479. The Morgan fingerprint density at radius 1 is 1.09 bits per heavy atom. The van der Waals surface area contributed by atoms with Crippen LogP contribution < -0.4 is 33.2 Å². The van der Waals surface area contributed by atoms with Gasteiger partial charge in [-0.05, 0) is 12.8 Å². The summed E-state index contributed by atoms with van der Waals surface area (Å²) >= 11 is 3.97. The van der Waals surface area contributed by atoms with Gasteiger partial charge in [0.15, 0.2) is 5.96 Å². The highest BCUT2D eigenvalue weighted by Crippen LogP contribution is 2.04. The molecule has 1 heterocycles. The lowest BCUT2D eigenvalue weighted by atomic mass is 10.1. The summed E-state index contributed by atoms with van der Waals surface area (Å²) in [5.74, 6) is -3.77. The van der Waals surface area contributed by atoms with E-state index in [1.54, 1.807) is 0 Å². The fraction of sp³-hybridized carbons (Fsp3) is 0.556. The van der Waals surface area contributed by atoms with Crippen LogP contribution in [0, 0.1) is 0 Å². The molecule has 4 atom stereocenters. The van der Waals surface area contributed by atoms with Crippen molar-refractivity contribution in [3.05, 3.63) is 18.2 Å². The Balaban J connectivity index is 3.03. The molecule has 1 aromatic rings. The molecule has 0 aliphatic carbocycles. The molecule has 3 amide bonds. The standard InChI is InChI=1S/C18H31N9O6S/c19-10(7-34)14(29)26-12(4-9-5-22-8-24-9)16(31)25-11(2-1-3-23-18(20)21)15(30)27-13(6-28)17(32)33/h5,8,10-13,28,34H,1-4,6-7,19H2,(H,22,24)(H,25,31)(H,26,29)(H,27,30)(H,32,33)(H4,20,21,23). The molecule has 4 unspecified atom stereocenters. The maximum Gasteiger partial charge on any atom is 0.328 e. The van der Waals surface area contributed by atoms with Crippen LogP contribution in [-0.4, -0.2) is 92.9 Å². The molecule has 0 aliphatic heterocycles. The molecule has 0 bridgehead atoms. The molecular weight excluding hydrogens is 470 g/mol. The second kappa shape index (κ2) is 14.7. The first-order chi connectivity index (χ1) is 16.1. The molecule has 12 N–H and O–H groups in total. The van der Waals surface area contributed by atoms with Gasteiger partial charge in [-0.3, -0.25) is 19.4 Å². The van der Waals surface area contributed by atoms with Gasteiger partial charge in [-0.2, -0.15) is 12.6 Å². The summed E-state index contributed by atoms with van der Waals surface area (Å²) in [6, 6.07) is -4.90. The first-order valence-corrected chi connectivity index (χ1v) is 10.9. The first kappa shape index (κ1) is 28.7. The van der Waals surface area contributed by atoms with Gasteiger partial charge < -0.3 is 48.3 Å². The third-order valence-electron chi connectivity index (χ3n) is 4.52. The van der Waals surface area contributed by atoms with Crippen LogP contribution in [0.1, 0.15) is 18.5 Å². The summed E-state index contributed by atoms with van der Waals surface area (Å²) in [4.78, 5) is 59.6. The SMILES string of the molecule is NC(N)=NCCCC(NC(=O)C(Cc1cnc[nH]1)NC(=O)C(N)CS)C(=O)NC(CO)C(=O)O. The van der Waals surface area contributed by atoms with Crippen LogP contribution in [-0.2, 0) is 25.6 Å². The second-order valence-electron chi connectivity index (χ2n) is 7.22. The van der Waals surface area contributed by atoms with Crippen molar-refractivity contribution in [2.75, 3.05) is 18.9 Å². The lowest BCUT2D eigenvalue weighted by Gasteiger charge is -2.24. The average Bonchev–Trinajstić information content (AvgIpc) is 3.30. The summed E-state index contributed by atoms with van der Waals surface area (Å²) in [5, 5.41) is 25.4. The van der Waals surface area contributed by atoms with E-state index < -0.39 is 54.5 Å². The van der Waals surface area contributed by atoms with Crippen LogP contribution in [0.4, 0.5) is 0 Å². The number of hydrogen-bond donors (Lipinski definition) is 10. The normalized spacial score (nSPS) is 14.2. The molecule has 0 aromatic carbocycles. The van der Waals surface area contributed by atoms with Crippen LogP contribution in [0.25, 0.3) is 0 Å². The molecule has 0 aliphatic rings. The fourth-order valence-electron chi connectivity index (χ4n) is 2.69. The number of nitrogens with two attached hydrogens (primary N) is 3. The fourth-order valence-corrected chi connectivity index (χ4v) is 2.86. The molecular formula is C18H31N9O6S.